The van der Waals surface area contributed by atoms with Crippen molar-refractivity contribution in [1.82, 2.24) is 9.80 Å². The summed E-state index contributed by atoms with van der Waals surface area (Å²) >= 11 is 0. The molecule has 2 atom stereocenters. The Kier molecular flexibility index (Phi) is 5.02. The molecule has 2 aliphatic heterocycles. The number of fused-ring (bicyclic) bond motifs is 2. The van der Waals surface area contributed by atoms with Crippen LogP contribution in [0.4, 0.5) is 0 Å². The summed E-state index contributed by atoms with van der Waals surface area (Å²) in [6.07, 6.45) is 0. The molecule has 8 nitrogen and oxygen atoms in total. The summed E-state index contributed by atoms with van der Waals surface area (Å²) < 4.78 is 0. The van der Waals surface area contributed by atoms with E-state index in [1.54, 1.807) is 58.3 Å². The lowest BCUT2D eigenvalue weighted by atomic mass is 9.95. The summed E-state index contributed by atoms with van der Waals surface area (Å²) in [4.78, 5) is 41.9. The van der Waals surface area contributed by atoms with E-state index in [4.69, 9.17) is 0 Å². The highest BCUT2D eigenvalue weighted by Gasteiger charge is 2.56. The molecule has 29 heavy (non-hydrogen) atoms. The van der Waals surface area contributed by atoms with Gasteiger partial charge in [0.25, 0.3) is 11.8 Å². The fourth-order valence-electron chi connectivity index (χ4n) is 4.28. The molecule has 2 saturated heterocycles. The molecule has 2 bridgehead atoms. The largest absolute Gasteiger partial charge is 0.325 e. The van der Waals surface area contributed by atoms with Gasteiger partial charge in [-0.25, -0.2) is 0 Å². The van der Waals surface area contributed by atoms with Gasteiger partial charge in [-0.05, 0) is 24.3 Å². The molecular formula is C21H23N4O4+. The number of hydrogen-bond acceptors (Lipinski definition) is 4. The maximum Gasteiger partial charge on any atom is 0.304 e. The first-order chi connectivity index (χ1) is 14.0. The minimum absolute atomic E-state index is 0.00417. The topological polar surface area (TPSA) is 88.2 Å². The quantitative estimate of drug-likeness (QED) is 0.592. The molecule has 150 valence electrons. The zero-order chi connectivity index (χ0) is 20.4. The van der Waals surface area contributed by atoms with Crippen LogP contribution in [0.3, 0.4) is 0 Å². The third-order valence-corrected chi connectivity index (χ3v) is 5.70. The lowest BCUT2D eigenvalue weighted by molar-refractivity contribution is -0.930. The number of hydrogen-bond donors (Lipinski definition) is 1. The first-order valence-corrected chi connectivity index (χ1v) is 9.65. The number of amides is 2. The molecule has 4 rings (SSSR count). The molecule has 1 unspecified atom stereocenters. The summed E-state index contributed by atoms with van der Waals surface area (Å²) in [5.41, 5.74) is -0.342. The lowest BCUT2D eigenvalue weighted by Crippen LogP contribution is -3.17. The van der Waals surface area contributed by atoms with Crippen LogP contribution in [0.25, 0.3) is 0 Å². The molecule has 0 aromatic heterocycles. The second-order valence-corrected chi connectivity index (χ2v) is 7.78. The van der Waals surface area contributed by atoms with E-state index in [-0.39, 0.29) is 29.8 Å². The summed E-state index contributed by atoms with van der Waals surface area (Å²) in [6.45, 7) is 1.68. The Morgan fingerprint density at radius 3 is 1.97 bits per heavy atom. The molecule has 0 spiro atoms. The summed E-state index contributed by atoms with van der Waals surface area (Å²) in [5, 5.41) is 12.2. The first-order valence-electron chi connectivity index (χ1n) is 9.65. The van der Waals surface area contributed by atoms with Crippen LogP contribution < -0.4 is 4.90 Å². The number of nitro groups is 1. The van der Waals surface area contributed by atoms with Gasteiger partial charge in [-0.3, -0.25) is 24.6 Å². The van der Waals surface area contributed by atoms with Gasteiger partial charge in [-0.15, -0.1) is 0 Å². The van der Waals surface area contributed by atoms with Crippen molar-refractivity contribution < 1.29 is 19.4 Å². The van der Waals surface area contributed by atoms with E-state index in [9.17, 15) is 19.7 Å². The highest BCUT2D eigenvalue weighted by atomic mass is 16.6. The van der Waals surface area contributed by atoms with Gasteiger partial charge in [-0.2, -0.15) is 0 Å². The molecule has 2 amide bonds. The van der Waals surface area contributed by atoms with Crippen LogP contribution in [0.2, 0.25) is 0 Å². The molecule has 2 aliphatic rings. The minimum Gasteiger partial charge on any atom is -0.325 e. The lowest BCUT2D eigenvalue weighted by Gasteiger charge is -2.38. The number of nitrogens with zero attached hydrogens (tertiary/aromatic N) is 3. The summed E-state index contributed by atoms with van der Waals surface area (Å²) in [5.74, 6) is -0.419. The van der Waals surface area contributed by atoms with Crippen LogP contribution in [0.1, 0.15) is 20.7 Å². The Bertz CT molecular complexity index is 871. The standard InChI is InChI=1S/C21H22N4O4/c26-19(17-7-3-1-4-8-17)23-12-11-22-13-21(14-23,25(28)29)15-24(16-22)20(27)18-9-5-2-6-10-18/h1-10H,11-16H2/p+1/t21-/m1/s1. The van der Waals surface area contributed by atoms with E-state index >= 15 is 0 Å². The smallest absolute Gasteiger partial charge is 0.304 e. The Balaban J connectivity index is 1.61. The fraction of sp³-hybridized carbons (Fsp3) is 0.333. The van der Waals surface area contributed by atoms with E-state index in [0.717, 1.165) is 4.90 Å². The summed E-state index contributed by atoms with van der Waals surface area (Å²) in [6, 6.07) is 17.6. The van der Waals surface area contributed by atoms with E-state index in [0.29, 0.717) is 37.4 Å². The van der Waals surface area contributed by atoms with Crippen molar-refractivity contribution in [2.24, 2.45) is 0 Å². The van der Waals surface area contributed by atoms with E-state index < -0.39 is 5.54 Å². The number of nitrogens with one attached hydrogen (secondary N) is 1. The molecule has 8 heteroatoms. The van der Waals surface area contributed by atoms with Crippen molar-refractivity contribution >= 4 is 11.8 Å². The second-order valence-electron chi connectivity index (χ2n) is 7.78. The van der Waals surface area contributed by atoms with E-state index in [1.165, 1.54) is 0 Å². The second kappa shape index (κ2) is 7.63. The third kappa shape index (κ3) is 3.71. The van der Waals surface area contributed by atoms with Crippen molar-refractivity contribution in [2.45, 2.75) is 5.54 Å². The van der Waals surface area contributed by atoms with Crippen molar-refractivity contribution in [1.29, 1.82) is 0 Å². The normalized spacial score (nSPS) is 23.9. The minimum atomic E-state index is -1.38. The van der Waals surface area contributed by atoms with Gasteiger partial charge in [0, 0.05) is 16.1 Å². The molecule has 0 saturated carbocycles. The number of carbonyl (C=O) groups excluding carboxylic acids is 2. The average Bonchev–Trinajstić information content (AvgIpc) is 2.90. The van der Waals surface area contributed by atoms with Crippen molar-refractivity contribution in [2.75, 3.05) is 39.4 Å². The average molecular weight is 395 g/mol. The molecule has 2 heterocycles. The Morgan fingerprint density at radius 2 is 1.41 bits per heavy atom. The number of rotatable bonds is 3. The van der Waals surface area contributed by atoms with Gasteiger partial charge in [0.1, 0.15) is 6.54 Å². The molecule has 0 radical (unpaired) electrons. The van der Waals surface area contributed by atoms with Crippen molar-refractivity contribution in [3.8, 4) is 0 Å². The Labute approximate surface area is 168 Å². The van der Waals surface area contributed by atoms with Gasteiger partial charge < -0.3 is 9.80 Å². The molecule has 2 aromatic carbocycles. The number of carbonyl (C=O) groups is 2. The predicted molar refractivity (Wildman–Crippen MR) is 105 cm³/mol. The predicted octanol–water partition coefficient (Wildman–Crippen LogP) is 0.156. The molecule has 0 aliphatic carbocycles. The van der Waals surface area contributed by atoms with E-state index in [2.05, 4.69) is 0 Å². The highest BCUT2D eigenvalue weighted by molar-refractivity contribution is 5.95. The van der Waals surface area contributed by atoms with E-state index in [1.807, 2.05) is 12.1 Å². The molecular weight excluding hydrogens is 372 g/mol. The zero-order valence-electron chi connectivity index (χ0n) is 16.0. The van der Waals surface area contributed by atoms with Crippen LogP contribution in [-0.4, -0.2) is 71.5 Å². The molecule has 1 N–H and O–H groups in total. The van der Waals surface area contributed by atoms with Gasteiger partial charge >= 0.3 is 5.54 Å². The van der Waals surface area contributed by atoms with Gasteiger partial charge in [0.05, 0.1) is 19.6 Å². The van der Waals surface area contributed by atoms with Crippen molar-refractivity contribution in [3.63, 3.8) is 0 Å². The fourth-order valence-corrected chi connectivity index (χ4v) is 4.28. The molecule has 2 aromatic rings. The molecule has 2 fully saturated rings. The maximum atomic E-state index is 13.0. The first kappa shape index (κ1) is 19.1. The van der Waals surface area contributed by atoms with Crippen LogP contribution in [0, 0.1) is 10.1 Å². The SMILES string of the molecule is O=C(c1ccccc1)N1CC[NH+]2CN(C(=O)c3ccccc3)C[C@]([N+](=O)[O-])(C1)C2. The zero-order valence-corrected chi connectivity index (χ0v) is 16.0. The monoisotopic (exact) mass is 395 g/mol. The van der Waals surface area contributed by atoms with Gasteiger partial charge in [0.2, 0.25) is 0 Å². The van der Waals surface area contributed by atoms with Gasteiger partial charge in [-0.1, -0.05) is 36.4 Å². The Hall–Kier alpha value is -3.26. The van der Waals surface area contributed by atoms with Crippen LogP contribution >= 0.6 is 0 Å². The third-order valence-electron chi connectivity index (χ3n) is 5.70. The highest BCUT2D eigenvalue weighted by Crippen LogP contribution is 2.20. The van der Waals surface area contributed by atoms with Crippen LogP contribution in [0.15, 0.2) is 60.7 Å². The van der Waals surface area contributed by atoms with Crippen LogP contribution in [-0.2, 0) is 0 Å². The maximum absolute atomic E-state index is 13.0. The van der Waals surface area contributed by atoms with Gasteiger partial charge in [0.15, 0.2) is 13.2 Å². The number of quaternary nitrogens is 1. The summed E-state index contributed by atoms with van der Waals surface area (Å²) in [7, 11) is 0. The number of benzene rings is 2. The Morgan fingerprint density at radius 1 is 0.897 bits per heavy atom. The van der Waals surface area contributed by atoms with Crippen molar-refractivity contribution in [3.05, 3.63) is 81.9 Å². The van der Waals surface area contributed by atoms with Crippen LogP contribution in [0.5, 0.6) is 0 Å².